The van der Waals surface area contributed by atoms with E-state index in [0.717, 1.165) is 10.2 Å². The van der Waals surface area contributed by atoms with Crippen molar-refractivity contribution < 1.29 is 4.74 Å². The van der Waals surface area contributed by atoms with Gasteiger partial charge in [0.15, 0.2) is 0 Å². The quantitative estimate of drug-likeness (QED) is 0.755. The molecule has 0 bridgehead atoms. The molecule has 2 heteroatoms. The fraction of sp³-hybridized carbons (Fsp3) is 0.500. The van der Waals surface area contributed by atoms with Crippen LogP contribution >= 0.6 is 15.9 Å². The van der Waals surface area contributed by atoms with Crippen LogP contribution < -0.4 is 4.74 Å². The van der Waals surface area contributed by atoms with Crippen LogP contribution in [0.3, 0.4) is 0 Å². The Balaban J connectivity index is 0.000000791. The van der Waals surface area contributed by atoms with Gasteiger partial charge in [0.2, 0.25) is 0 Å². The monoisotopic (exact) mass is 258 g/mol. The van der Waals surface area contributed by atoms with Gasteiger partial charge in [-0.25, -0.2) is 0 Å². The topological polar surface area (TPSA) is 9.23 Å². The predicted molar refractivity (Wildman–Crippen MR) is 66.0 cm³/mol. The molecule has 0 heterocycles. The van der Waals surface area contributed by atoms with E-state index in [9.17, 15) is 0 Å². The minimum atomic E-state index is 0.226. The van der Waals surface area contributed by atoms with E-state index in [2.05, 4.69) is 28.9 Å². The molecule has 0 saturated heterocycles. The normalized spacial score (nSPS) is 9.36. The lowest BCUT2D eigenvalue weighted by Gasteiger charge is -2.11. The number of ether oxygens (including phenoxy) is 1. The Morgan fingerprint density at radius 1 is 1.21 bits per heavy atom. The van der Waals surface area contributed by atoms with Crippen molar-refractivity contribution in [3.8, 4) is 5.75 Å². The van der Waals surface area contributed by atoms with Crippen molar-refractivity contribution in [1.29, 1.82) is 0 Å². The first-order valence-corrected chi connectivity index (χ1v) is 5.81. The molecule has 0 aromatic heterocycles. The minimum absolute atomic E-state index is 0.226. The van der Waals surface area contributed by atoms with Crippen LogP contribution in [0.1, 0.15) is 33.3 Å². The molecule has 1 aromatic rings. The van der Waals surface area contributed by atoms with E-state index in [-0.39, 0.29) is 6.10 Å². The van der Waals surface area contributed by atoms with Crippen LogP contribution in [0.2, 0.25) is 0 Å². The third-order valence-corrected chi connectivity index (χ3v) is 2.07. The van der Waals surface area contributed by atoms with Gasteiger partial charge in [0, 0.05) is 0 Å². The summed E-state index contributed by atoms with van der Waals surface area (Å²) in [5.41, 5.74) is 1.23. The second-order valence-electron chi connectivity index (χ2n) is 3.10. The largest absolute Gasteiger partial charge is 0.490 e. The van der Waals surface area contributed by atoms with E-state index in [1.54, 1.807) is 0 Å². The molecule has 0 atom stereocenters. The first kappa shape index (κ1) is 13.5. The van der Waals surface area contributed by atoms with E-state index in [1.807, 2.05) is 39.8 Å². The molecule has 0 saturated carbocycles. The summed E-state index contributed by atoms with van der Waals surface area (Å²) in [6.07, 6.45) is 0.226. The SMILES string of the molecule is CC.Cc1ccc(OC(C)C)c(Br)c1. The lowest BCUT2D eigenvalue weighted by atomic mass is 10.2. The summed E-state index contributed by atoms with van der Waals surface area (Å²) in [6, 6.07) is 6.08. The summed E-state index contributed by atoms with van der Waals surface area (Å²) in [4.78, 5) is 0. The Morgan fingerprint density at radius 3 is 2.21 bits per heavy atom. The van der Waals surface area contributed by atoms with Crippen LogP contribution in [0.25, 0.3) is 0 Å². The molecule has 14 heavy (non-hydrogen) atoms. The van der Waals surface area contributed by atoms with Crippen LogP contribution in [0.15, 0.2) is 22.7 Å². The van der Waals surface area contributed by atoms with Gasteiger partial charge in [-0.2, -0.15) is 0 Å². The first-order chi connectivity index (χ1) is 6.59. The zero-order valence-electron chi connectivity index (χ0n) is 9.60. The molecular weight excluding hydrogens is 240 g/mol. The smallest absolute Gasteiger partial charge is 0.133 e. The molecule has 0 radical (unpaired) electrons. The van der Waals surface area contributed by atoms with Gasteiger partial charge in [-0.15, -0.1) is 0 Å². The van der Waals surface area contributed by atoms with E-state index in [4.69, 9.17) is 4.74 Å². The number of benzene rings is 1. The summed E-state index contributed by atoms with van der Waals surface area (Å²) in [7, 11) is 0. The maximum absolute atomic E-state index is 5.55. The molecule has 0 amide bonds. The molecule has 0 unspecified atom stereocenters. The minimum Gasteiger partial charge on any atom is -0.490 e. The summed E-state index contributed by atoms with van der Waals surface area (Å²) in [6.45, 7) is 10.1. The Labute approximate surface area is 95.6 Å². The lowest BCUT2D eigenvalue weighted by molar-refractivity contribution is 0.241. The van der Waals surface area contributed by atoms with E-state index in [1.165, 1.54) is 5.56 Å². The Kier molecular flexibility index (Phi) is 6.64. The van der Waals surface area contributed by atoms with E-state index < -0.39 is 0 Å². The van der Waals surface area contributed by atoms with E-state index in [0.29, 0.717) is 0 Å². The Morgan fingerprint density at radius 2 is 1.79 bits per heavy atom. The number of hydrogen-bond acceptors (Lipinski definition) is 1. The van der Waals surface area contributed by atoms with Gasteiger partial charge in [-0.3, -0.25) is 0 Å². The van der Waals surface area contributed by atoms with Crippen LogP contribution in [-0.2, 0) is 0 Å². The van der Waals surface area contributed by atoms with Crippen LogP contribution in [-0.4, -0.2) is 6.10 Å². The zero-order chi connectivity index (χ0) is 11.1. The van der Waals surface area contributed by atoms with Crippen molar-refractivity contribution in [3.63, 3.8) is 0 Å². The molecule has 0 N–H and O–H groups in total. The molecule has 1 rings (SSSR count). The molecule has 0 aliphatic heterocycles. The lowest BCUT2D eigenvalue weighted by Crippen LogP contribution is -2.05. The van der Waals surface area contributed by atoms with Gasteiger partial charge in [-0.1, -0.05) is 19.9 Å². The van der Waals surface area contributed by atoms with Crippen molar-refractivity contribution in [3.05, 3.63) is 28.2 Å². The summed E-state index contributed by atoms with van der Waals surface area (Å²) in [5, 5.41) is 0. The van der Waals surface area contributed by atoms with Gasteiger partial charge >= 0.3 is 0 Å². The first-order valence-electron chi connectivity index (χ1n) is 5.02. The maximum atomic E-state index is 5.55. The summed E-state index contributed by atoms with van der Waals surface area (Å²) < 4.78 is 6.58. The summed E-state index contributed by atoms with van der Waals surface area (Å²) in [5.74, 6) is 0.913. The molecule has 0 spiro atoms. The van der Waals surface area contributed by atoms with Crippen molar-refractivity contribution in [2.24, 2.45) is 0 Å². The van der Waals surface area contributed by atoms with Gasteiger partial charge in [0.25, 0.3) is 0 Å². The zero-order valence-corrected chi connectivity index (χ0v) is 11.2. The average molecular weight is 259 g/mol. The van der Waals surface area contributed by atoms with Crippen molar-refractivity contribution >= 4 is 15.9 Å². The van der Waals surface area contributed by atoms with Crippen LogP contribution in [0.4, 0.5) is 0 Å². The molecular formula is C12H19BrO. The highest BCUT2D eigenvalue weighted by molar-refractivity contribution is 9.10. The standard InChI is InChI=1S/C10H13BrO.C2H6/c1-7(2)12-10-5-4-8(3)6-9(10)11;1-2/h4-7H,1-3H3;1-2H3. The fourth-order valence-corrected chi connectivity index (χ4v) is 1.54. The van der Waals surface area contributed by atoms with Gasteiger partial charge in [0.05, 0.1) is 10.6 Å². The van der Waals surface area contributed by atoms with Crippen LogP contribution in [0.5, 0.6) is 5.75 Å². The fourth-order valence-electron chi connectivity index (χ4n) is 0.955. The van der Waals surface area contributed by atoms with Crippen molar-refractivity contribution in [2.45, 2.75) is 40.7 Å². The molecule has 0 aliphatic carbocycles. The number of halogens is 1. The van der Waals surface area contributed by atoms with Crippen LogP contribution in [0, 0.1) is 6.92 Å². The molecule has 80 valence electrons. The number of aryl methyl sites for hydroxylation is 1. The third-order valence-electron chi connectivity index (χ3n) is 1.45. The van der Waals surface area contributed by atoms with Gasteiger partial charge < -0.3 is 4.74 Å². The second kappa shape index (κ2) is 6.88. The Hall–Kier alpha value is -0.500. The Bertz CT molecular complexity index is 269. The highest BCUT2D eigenvalue weighted by atomic mass is 79.9. The van der Waals surface area contributed by atoms with Gasteiger partial charge in [-0.05, 0) is 54.4 Å². The molecule has 0 fully saturated rings. The second-order valence-corrected chi connectivity index (χ2v) is 3.95. The third kappa shape index (κ3) is 4.66. The summed E-state index contributed by atoms with van der Waals surface area (Å²) >= 11 is 3.45. The number of hydrogen-bond donors (Lipinski definition) is 0. The number of rotatable bonds is 2. The molecule has 0 aliphatic rings. The highest BCUT2D eigenvalue weighted by Gasteiger charge is 2.02. The van der Waals surface area contributed by atoms with E-state index >= 15 is 0 Å². The van der Waals surface area contributed by atoms with Crippen molar-refractivity contribution in [1.82, 2.24) is 0 Å². The highest BCUT2D eigenvalue weighted by Crippen LogP contribution is 2.26. The van der Waals surface area contributed by atoms with Gasteiger partial charge in [0.1, 0.15) is 5.75 Å². The molecule has 1 aromatic carbocycles. The predicted octanol–water partition coefficient (Wildman–Crippen LogP) is 4.57. The average Bonchev–Trinajstić information content (AvgIpc) is 2.13. The van der Waals surface area contributed by atoms with Crippen molar-refractivity contribution in [2.75, 3.05) is 0 Å². The molecule has 1 nitrogen and oxygen atoms in total. The maximum Gasteiger partial charge on any atom is 0.133 e.